The van der Waals surface area contributed by atoms with Crippen molar-refractivity contribution in [1.82, 2.24) is 4.90 Å². The number of rotatable bonds is 6. The second-order valence-corrected chi connectivity index (χ2v) is 4.99. The van der Waals surface area contributed by atoms with Crippen LogP contribution in [0, 0.1) is 0 Å². The molecule has 0 radical (unpaired) electrons. The lowest BCUT2D eigenvalue weighted by atomic mass is 9.83. The number of likely N-dealkylation sites (tertiary alicyclic amines) is 1. The van der Waals surface area contributed by atoms with Gasteiger partial charge in [0.2, 0.25) is 0 Å². The minimum atomic E-state index is -0.213. The Bertz CT molecular complexity index is 260. The molecule has 0 unspecified atom stereocenters. The van der Waals surface area contributed by atoms with Crippen LogP contribution in [0.2, 0.25) is 0 Å². The molecule has 0 atom stereocenters. The van der Waals surface area contributed by atoms with Crippen LogP contribution in [0.1, 0.15) is 52.9 Å². The summed E-state index contributed by atoms with van der Waals surface area (Å²) >= 11 is 0. The van der Waals surface area contributed by atoms with Gasteiger partial charge in [0.1, 0.15) is 0 Å². The van der Waals surface area contributed by atoms with Gasteiger partial charge in [-0.3, -0.25) is 9.69 Å². The molecule has 92 valence electrons. The monoisotopic (exact) mass is 223 g/mol. The standard InChI is InChI=1S/C14H25NO/c1-5-14(6-2,13(16)11-12(3)4)15-9-7-8-10-15/h3,5-11H2,1-2,4H3. The summed E-state index contributed by atoms with van der Waals surface area (Å²) < 4.78 is 0. The largest absolute Gasteiger partial charge is 0.297 e. The minimum Gasteiger partial charge on any atom is -0.297 e. The molecule has 1 heterocycles. The molecule has 0 saturated carbocycles. The maximum absolute atomic E-state index is 12.4. The summed E-state index contributed by atoms with van der Waals surface area (Å²) in [7, 11) is 0. The number of nitrogens with zero attached hydrogens (tertiary/aromatic N) is 1. The van der Waals surface area contributed by atoms with E-state index in [1.807, 2.05) is 6.92 Å². The van der Waals surface area contributed by atoms with Gasteiger partial charge in [-0.25, -0.2) is 0 Å². The Hall–Kier alpha value is -0.630. The van der Waals surface area contributed by atoms with Crippen LogP contribution in [0.4, 0.5) is 0 Å². The topological polar surface area (TPSA) is 20.3 Å². The van der Waals surface area contributed by atoms with Crippen LogP contribution in [0.3, 0.4) is 0 Å². The number of allylic oxidation sites excluding steroid dienone is 1. The summed E-state index contributed by atoms with van der Waals surface area (Å²) in [6.07, 6.45) is 4.87. The smallest absolute Gasteiger partial charge is 0.157 e. The molecule has 1 aliphatic heterocycles. The van der Waals surface area contributed by atoms with Crippen LogP contribution < -0.4 is 0 Å². The third kappa shape index (κ3) is 2.54. The van der Waals surface area contributed by atoms with Crippen molar-refractivity contribution in [2.75, 3.05) is 13.1 Å². The maximum Gasteiger partial charge on any atom is 0.157 e. The summed E-state index contributed by atoms with van der Waals surface area (Å²) in [5, 5.41) is 0. The van der Waals surface area contributed by atoms with Gasteiger partial charge in [-0.05, 0) is 45.7 Å². The Balaban J connectivity index is 2.85. The van der Waals surface area contributed by atoms with E-state index < -0.39 is 0 Å². The van der Waals surface area contributed by atoms with Crippen molar-refractivity contribution >= 4 is 5.78 Å². The Morgan fingerprint density at radius 2 is 1.75 bits per heavy atom. The lowest BCUT2D eigenvalue weighted by molar-refractivity contribution is -0.130. The van der Waals surface area contributed by atoms with Gasteiger partial charge >= 0.3 is 0 Å². The van der Waals surface area contributed by atoms with E-state index in [1.165, 1.54) is 12.8 Å². The molecular weight excluding hydrogens is 198 g/mol. The zero-order valence-corrected chi connectivity index (χ0v) is 11.0. The molecule has 1 rings (SSSR count). The van der Waals surface area contributed by atoms with Gasteiger partial charge in [0.05, 0.1) is 5.54 Å². The van der Waals surface area contributed by atoms with Crippen LogP contribution in [-0.2, 0) is 4.79 Å². The van der Waals surface area contributed by atoms with Crippen LogP contribution in [0.25, 0.3) is 0 Å². The molecule has 2 nitrogen and oxygen atoms in total. The first-order valence-electron chi connectivity index (χ1n) is 6.49. The van der Waals surface area contributed by atoms with E-state index in [2.05, 4.69) is 25.3 Å². The maximum atomic E-state index is 12.4. The first kappa shape index (κ1) is 13.4. The van der Waals surface area contributed by atoms with Crippen molar-refractivity contribution < 1.29 is 4.79 Å². The second-order valence-electron chi connectivity index (χ2n) is 4.99. The fourth-order valence-electron chi connectivity index (χ4n) is 2.85. The van der Waals surface area contributed by atoms with E-state index in [9.17, 15) is 4.79 Å². The van der Waals surface area contributed by atoms with Crippen molar-refractivity contribution in [2.45, 2.75) is 58.4 Å². The summed E-state index contributed by atoms with van der Waals surface area (Å²) in [6.45, 7) is 12.3. The van der Waals surface area contributed by atoms with Gasteiger partial charge in [0.15, 0.2) is 5.78 Å². The molecule has 0 N–H and O–H groups in total. The number of carbonyl (C=O) groups excluding carboxylic acids is 1. The van der Waals surface area contributed by atoms with Gasteiger partial charge in [0, 0.05) is 6.42 Å². The summed E-state index contributed by atoms with van der Waals surface area (Å²) in [4.78, 5) is 14.8. The predicted octanol–water partition coefficient (Wildman–Crippen LogP) is 3.18. The molecule has 0 aliphatic carbocycles. The van der Waals surface area contributed by atoms with Gasteiger partial charge < -0.3 is 0 Å². The van der Waals surface area contributed by atoms with Crippen molar-refractivity contribution in [2.24, 2.45) is 0 Å². The summed E-state index contributed by atoms with van der Waals surface area (Å²) in [5.41, 5.74) is 0.769. The molecule has 16 heavy (non-hydrogen) atoms. The summed E-state index contributed by atoms with van der Waals surface area (Å²) in [6, 6.07) is 0. The van der Waals surface area contributed by atoms with Crippen LogP contribution in [-0.4, -0.2) is 29.3 Å². The van der Waals surface area contributed by atoms with E-state index in [-0.39, 0.29) is 5.54 Å². The Kier molecular flexibility index (Phi) is 4.72. The molecule has 0 spiro atoms. The number of ketones is 1. The highest BCUT2D eigenvalue weighted by molar-refractivity contribution is 5.90. The molecule has 2 heteroatoms. The molecule has 0 amide bonds. The molecule has 0 bridgehead atoms. The van der Waals surface area contributed by atoms with Crippen molar-refractivity contribution in [1.29, 1.82) is 0 Å². The van der Waals surface area contributed by atoms with Gasteiger partial charge in [-0.15, -0.1) is 0 Å². The van der Waals surface area contributed by atoms with Gasteiger partial charge in [-0.2, -0.15) is 0 Å². The van der Waals surface area contributed by atoms with Crippen molar-refractivity contribution in [3.63, 3.8) is 0 Å². The van der Waals surface area contributed by atoms with E-state index in [1.54, 1.807) is 0 Å². The molecule has 0 aromatic rings. The van der Waals surface area contributed by atoms with Gasteiger partial charge in [0.25, 0.3) is 0 Å². The molecule has 1 saturated heterocycles. The average Bonchev–Trinajstić information content (AvgIpc) is 2.73. The van der Waals surface area contributed by atoms with Crippen molar-refractivity contribution in [3.05, 3.63) is 12.2 Å². The van der Waals surface area contributed by atoms with E-state index in [0.717, 1.165) is 31.5 Å². The van der Waals surface area contributed by atoms with Crippen LogP contribution in [0.5, 0.6) is 0 Å². The highest BCUT2D eigenvalue weighted by Crippen LogP contribution is 2.30. The quantitative estimate of drug-likeness (QED) is 0.645. The molecule has 1 aliphatic rings. The SMILES string of the molecule is C=C(C)CC(=O)C(CC)(CC)N1CCCC1. The first-order valence-corrected chi connectivity index (χ1v) is 6.49. The third-order valence-corrected chi connectivity index (χ3v) is 3.86. The minimum absolute atomic E-state index is 0.213. The number of Topliss-reactive ketones (excluding diaryl/α,β-unsaturated/α-hetero) is 1. The third-order valence-electron chi connectivity index (χ3n) is 3.86. The van der Waals surface area contributed by atoms with Gasteiger partial charge in [-0.1, -0.05) is 26.0 Å². The first-order chi connectivity index (χ1) is 7.56. The highest BCUT2D eigenvalue weighted by Gasteiger charge is 2.40. The number of hydrogen-bond acceptors (Lipinski definition) is 2. The average molecular weight is 223 g/mol. The Labute approximate surface area is 99.7 Å². The zero-order chi connectivity index (χ0) is 12.2. The fourth-order valence-corrected chi connectivity index (χ4v) is 2.85. The number of carbonyl (C=O) groups is 1. The molecular formula is C14H25NO. The van der Waals surface area contributed by atoms with E-state index in [0.29, 0.717) is 12.2 Å². The highest BCUT2D eigenvalue weighted by atomic mass is 16.1. The molecule has 0 aromatic heterocycles. The number of hydrogen-bond donors (Lipinski definition) is 0. The fraction of sp³-hybridized carbons (Fsp3) is 0.786. The van der Waals surface area contributed by atoms with Crippen molar-refractivity contribution in [3.8, 4) is 0 Å². The molecule has 1 fully saturated rings. The normalized spacial score (nSPS) is 17.7. The Morgan fingerprint density at radius 3 is 2.12 bits per heavy atom. The predicted molar refractivity (Wildman–Crippen MR) is 68.6 cm³/mol. The lowest BCUT2D eigenvalue weighted by Gasteiger charge is -2.39. The zero-order valence-electron chi connectivity index (χ0n) is 11.0. The molecule has 0 aromatic carbocycles. The van der Waals surface area contributed by atoms with E-state index >= 15 is 0 Å². The second kappa shape index (κ2) is 5.62. The van der Waals surface area contributed by atoms with Crippen LogP contribution in [0.15, 0.2) is 12.2 Å². The lowest BCUT2D eigenvalue weighted by Crippen LogP contribution is -2.52. The van der Waals surface area contributed by atoms with Crippen LogP contribution >= 0.6 is 0 Å². The van der Waals surface area contributed by atoms with E-state index in [4.69, 9.17) is 0 Å². The summed E-state index contributed by atoms with van der Waals surface area (Å²) in [5.74, 6) is 0.368. The Morgan fingerprint density at radius 1 is 1.25 bits per heavy atom.